The number of hydrogen-bond donors (Lipinski definition) is 3. The van der Waals surface area contributed by atoms with E-state index in [0.29, 0.717) is 0 Å². The average molecular weight is 347 g/mol. The van der Waals surface area contributed by atoms with Gasteiger partial charge in [-0.1, -0.05) is 0 Å². The number of benzene rings is 1. The fourth-order valence-corrected chi connectivity index (χ4v) is 1.84. The van der Waals surface area contributed by atoms with E-state index in [4.69, 9.17) is 5.11 Å². The summed E-state index contributed by atoms with van der Waals surface area (Å²) in [5.74, 6) is -2.25. The normalized spacial score (nSPS) is 13.3. The number of carbonyl (C=O) groups excluding carboxylic acids is 1. The Hall–Kier alpha value is -2.00. The highest BCUT2D eigenvalue weighted by Gasteiger charge is 2.26. The first-order valence-electron chi connectivity index (χ1n) is 5.39. The van der Waals surface area contributed by atoms with E-state index in [-0.39, 0.29) is 15.7 Å². The van der Waals surface area contributed by atoms with Crippen molar-refractivity contribution >= 4 is 33.5 Å². The summed E-state index contributed by atoms with van der Waals surface area (Å²) >= 11 is 3.05. The number of amides is 1. The van der Waals surface area contributed by atoms with Crippen molar-refractivity contribution in [2.75, 3.05) is 0 Å². The topological polar surface area (TPSA) is 130 Å². The summed E-state index contributed by atoms with van der Waals surface area (Å²) in [6.45, 7) is 1.21. The first kappa shape index (κ1) is 16.1. The van der Waals surface area contributed by atoms with Crippen molar-refractivity contribution in [3.63, 3.8) is 0 Å². The van der Waals surface area contributed by atoms with Gasteiger partial charge in [0.15, 0.2) is 6.04 Å². The van der Waals surface area contributed by atoms with E-state index < -0.39 is 28.9 Å². The van der Waals surface area contributed by atoms with Crippen LogP contribution in [0.4, 0.5) is 5.69 Å². The standard InChI is InChI=1S/C11H11BrN2O6/c1-5(15)9(11(17)18)13-10(16)7-4-6(14(19)20)2-3-8(7)12/h2-5,9,15H,1H3,(H,13,16)(H,17,18)/t5-,9+/m1/s1. The highest BCUT2D eigenvalue weighted by molar-refractivity contribution is 9.10. The number of carbonyl (C=O) groups is 2. The van der Waals surface area contributed by atoms with Crippen molar-refractivity contribution in [2.24, 2.45) is 0 Å². The Labute approximate surface area is 121 Å². The van der Waals surface area contributed by atoms with Crippen LogP contribution in [-0.2, 0) is 4.79 Å². The molecule has 1 amide bonds. The van der Waals surface area contributed by atoms with Crippen LogP contribution in [0.15, 0.2) is 22.7 Å². The van der Waals surface area contributed by atoms with Crippen LogP contribution >= 0.6 is 15.9 Å². The van der Waals surface area contributed by atoms with E-state index in [1.807, 2.05) is 0 Å². The number of nitrogens with one attached hydrogen (secondary N) is 1. The number of hydrogen-bond acceptors (Lipinski definition) is 5. The molecule has 0 aromatic heterocycles. The smallest absolute Gasteiger partial charge is 0.328 e. The van der Waals surface area contributed by atoms with E-state index in [1.165, 1.54) is 19.1 Å². The molecule has 0 aliphatic carbocycles. The molecule has 0 radical (unpaired) electrons. The molecule has 1 aromatic rings. The minimum absolute atomic E-state index is 0.0916. The van der Waals surface area contributed by atoms with Crippen LogP contribution < -0.4 is 5.32 Å². The molecule has 0 saturated heterocycles. The number of nitrogens with zero attached hydrogens (tertiary/aromatic N) is 1. The zero-order chi connectivity index (χ0) is 15.4. The molecule has 0 spiro atoms. The van der Waals surface area contributed by atoms with E-state index in [9.17, 15) is 24.8 Å². The SMILES string of the molecule is C[C@@H](O)[C@H](NC(=O)c1cc([N+](=O)[O-])ccc1Br)C(=O)O. The van der Waals surface area contributed by atoms with Gasteiger partial charge in [0.25, 0.3) is 11.6 Å². The van der Waals surface area contributed by atoms with Gasteiger partial charge in [-0.05, 0) is 28.9 Å². The first-order chi connectivity index (χ1) is 9.23. The van der Waals surface area contributed by atoms with Crippen LogP contribution in [0.25, 0.3) is 0 Å². The lowest BCUT2D eigenvalue weighted by Crippen LogP contribution is -2.47. The van der Waals surface area contributed by atoms with Crippen molar-refractivity contribution in [3.8, 4) is 0 Å². The second-order valence-corrected chi connectivity index (χ2v) is 4.81. The van der Waals surface area contributed by atoms with Gasteiger partial charge in [-0.3, -0.25) is 14.9 Å². The van der Waals surface area contributed by atoms with Gasteiger partial charge in [0.2, 0.25) is 0 Å². The van der Waals surface area contributed by atoms with Crippen LogP contribution in [0.2, 0.25) is 0 Å². The predicted octanol–water partition coefficient (Wildman–Crippen LogP) is 0.921. The molecule has 8 nitrogen and oxygen atoms in total. The number of carboxylic acid groups (broad SMARTS) is 1. The molecule has 3 N–H and O–H groups in total. The van der Waals surface area contributed by atoms with E-state index in [0.717, 1.165) is 6.07 Å². The molecule has 9 heteroatoms. The Kier molecular flexibility index (Phi) is 5.17. The molecule has 0 fully saturated rings. The Morgan fingerprint density at radius 3 is 2.50 bits per heavy atom. The molecule has 1 aromatic carbocycles. The lowest BCUT2D eigenvalue weighted by atomic mass is 10.1. The molecule has 0 aliphatic rings. The Morgan fingerprint density at radius 2 is 2.05 bits per heavy atom. The fraction of sp³-hybridized carbons (Fsp3) is 0.273. The number of rotatable bonds is 5. The summed E-state index contributed by atoms with van der Waals surface area (Å²) in [6.07, 6.45) is -1.31. The summed E-state index contributed by atoms with van der Waals surface area (Å²) in [6, 6.07) is 2.02. The highest BCUT2D eigenvalue weighted by Crippen LogP contribution is 2.22. The van der Waals surface area contributed by atoms with E-state index in [1.54, 1.807) is 0 Å². The maximum atomic E-state index is 11.9. The molecule has 2 atom stereocenters. The van der Waals surface area contributed by atoms with Crippen LogP contribution in [-0.4, -0.2) is 39.2 Å². The summed E-state index contributed by atoms with van der Waals surface area (Å²) in [7, 11) is 0. The fourth-order valence-electron chi connectivity index (χ4n) is 1.41. The van der Waals surface area contributed by atoms with Crippen molar-refractivity contribution in [3.05, 3.63) is 38.3 Å². The van der Waals surface area contributed by atoms with Gasteiger partial charge in [0, 0.05) is 16.6 Å². The third-order valence-electron chi connectivity index (χ3n) is 2.44. The highest BCUT2D eigenvalue weighted by atomic mass is 79.9. The molecule has 108 valence electrons. The van der Waals surface area contributed by atoms with Crippen LogP contribution in [0.5, 0.6) is 0 Å². The van der Waals surface area contributed by atoms with Gasteiger partial charge in [-0.25, -0.2) is 4.79 Å². The van der Waals surface area contributed by atoms with Crippen molar-refractivity contribution in [1.29, 1.82) is 0 Å². The molecule has 0 bridgehead atoms. The lowest BCUT2D eigenvalue weighted by molar-refractivity contribution is -0.384. The Balaban J connectivity index is 3.05. The van der Waals surface area contributed by atoms with Gasteiger partial charge in [0.05, 0.1) is 16.6 Å². The van der Waals surface area contributed by atoms with Gasteiger partial charge in [-0.15, -0.1) is 0 Å². The van der Waals surface area contributed by atoms with E-state index in [2.05, 4.69) is 21.2 Å². The molecular formula is C11H11BrN2O6. The Bertz CT molecular complexity index is 560. The third kappa shape index (κ3) is 3.75. The summed E-state index contributed by atoms with van der Waals surface area (Å²) in [4.78, 5) is 32.8. The summed E-state index contributed by atoms with van der Waals surface area (Å²) < 4.78 is 0.273. The number of nitro benzene ring substituents is 1. The zero-order valence-electron chi connectivity index (χ0n) is 10.2. The zero-order valence-corrected chi connectivity index (χ0v) is 11.8. The number of aliphatic hydroxyl groups is 1. The number of non-ortho nitro benzene ring substituents is 1. The van der Waals surface area contributed by atoms with Gasteiger partial charge < -0.3 is 15.5 Å². The molecule has 0 saturated carbocycles. The summed E-state index contributed by atoms with van der Waals surface area (Å²) in [5.41, 5.74) is -0.395. The number of aliphatic hydroxyl groups excluding tert-OH is 1. The lowest BCUT2D eigenvalue weighted by Gasteiger charge is -2.17. The first-order valence-corrected chi connectivity index (χ1v) is 6.19. The summed E-state index contributed by atoms with van der Waals surface area (Å²) in [5, 5.41) is 30.9. The number of halogens is 1. The Morgan fingerprint density at radius 1 is 1.45 bits per heavy atom. The van der Waals surface area contributed by atoms with Crippen molar-refractivity contribution in [2.45, 2.75) is 19.1 Å². The second kappa shape index (κ2) is 6.44. The van der Waals surface area contributed by atoms with E-state index >= 15 is 0 Å². The maximum absolute atomic E-state index is 11.9. The van der Waals surface area contributed by atoms with Gasteiger partial charge in [-0.2, -0.15) is 0 Å². The van der Waals surface area contributed by atoms with Crippen LogP contribution in [0.3, 0.4) is 0 Å². The monoisotopic (exact) mass is 346 g/mol. The predicted molar refractivity (Wildman–Crippen MR) is 71.4 cm³/mol. The molecule has 20 heavy (non-hydrogen) atoms. The minimum Gasteiger partial charge on any atom is -0.480 e. The minimum atomic E-state index is -1.51. The number of aliphatic carboxylic acids is 1. The van der Waals surface area contributed by atoms with Gasteiger partial charge >= 0.3 is 5.97 Å². The van der Waals surface area contributed by atoms with Gasteiger partial charge in [0.1, 0.15) is 0 Å². The largest absolute Gasteiger partial charge is 0.480 e. The molecule has 0 unspecified atom stereocenters. The second-order valence-electron chi connectivity index (χ2n) is 3.95. The molecule has 1 rings (SSSR count). The van der Waals surface area contributed by atoms with Crippen molar-refractivity contribution < 1.29 is 24.7 Å². The third-order valence-corrected chi connectivity index (χ3v) is 3.13. The average Bonchev–Trinajstić information content (AvgIpc) is 2.34. The van der Waals surface area contributed by atoms with Crippen molar-refractivity contribution in [1.82, 2.24) is 5.32 Å². The number of nitro groups is 1. The number of carboxylic acids is 1. The molecular weight excluding hydrogens is 336 g/mol. The molecule has 0 heterocycles. The molecule has 0 aliphatic heterocycles. The van der Waals surface area contributed by atoms with Crippen LogP contribution in [0, 0.1) is 10.1 Å². The maximum Gasteiger partial charge on any atom is 0.328 e. The van der Waals surface area contributed by atoms with Crippen LogP contribution in [0.1, 0.15) is 17.3 Å². The quantitative estimate of drug-likeness (QED) is 0.536.